The summed E-state index contributed by atoms with van der Waals surface area (Å²) >= 11 is 0. The third-order valence-electron chi connectivity index (χ3n) is 1.14. The van der Waals surface area contributed by atoms with Gasteiger partial charge in [0.15, 0.2) is 0 Å². The molecule has 0 radical (unpaired) electrons. The highest BCUT2D eigenvalue weighted by molar-refractivity contribution is 5.23. The van der Waals surface area contributed by atoms with Gasteiger partial charge in [0.25, 0.3) is 0 Å². The average molecular weight is 176 g/mol. The fraction of sp³-hybridized carbons (Fsp3) is 0.333. The number of hydrogen-bond donors (Lipinski definition) is 0. The molecular formula is C9H11F3. The summed E-state index contributed by atoms with van der Waals surface area (Å²) in [5, 5.41) is 0. The minimum absolute atomic E-state index is 0.808. The Labute approximate surface area is 70.1 Å². The zero-order chi connectivity index (χ0) is 9.61. The van der Waals surface area contributed by atoms with E-state index < -0.39 is 11.7 Å². The third kappa shape index (κ3) is 4.77. The summed E-state index contributed by atoms with van der Waals surface area (Å²) in [6.45, 7) is 4.78. The first-order valence-corrected chi connectivity index (χ1v) is 3.57. The molecule has 0 unspecified atom stereocenters. The van der Waals surface area contributed by atoms with Crippen LogP contribution >= 0.6 is 0 Å². The minimum Gasteiger partial charge on any atom is -0.166 e. The highest BCUT2D eigenvalue weighted by Crippen LogP contribution is 2.24. The van der Waals surface area contributed by atoms with E-state index in [0.717, 1.165) is 12.5 Å². The van der Waals surface area contributed by atoms with Crippen LogP contribution in [0.2, 0.25) is 0 Å². The Bertz CT molecular complexity index is 196. The van der Waals surface area contributed by atoms with E-state index in [1.165, 1.54) is 6.08 Å². The lowest BCUT2D eigenvalue weighted by atomic mass is 10.2. The Hall–Kier alpha value is -0.990. The number of rotatable bonds is 3. The lowest BCUT2D eigenvalue weighted by Gasteiger charge is -2.03. The summed E-state index contributed by atoms with van der Waals surface area (Å²) in [5.41, 5.74) is -0.830. The number of halogens is 3. The SMILES string of the molecule is C=C(/C=C\C=C/CC)C(F)(F)F. The van der Waals surface area contributed by atoms with Crippen molar-refractivity contribution < 1.29 is 13.2 Å². The summed E-state index contributed by atoms with van der Waals surface area (Å²) in [7, 11) is 0. The molecule has 0 heterocycles. The molecule has 0 saturated heterocycles. The molecule has 0 fully saturated rings. The normalized spacial score (nSPS) is 13.0. The van der Waals surface area contributed by atoms with Crippen molar-refractivity contribution in [2.75, 3.05) is 0 Å². The van der Waals surface area contributed by atoms with Gasteiger partial charge in [-0.3, -0.25) is 0 Å². The molecule has 0 aromatic rings. The molecule has 0 spiro atoms. The predicted octanol–water partition coefficient (Wildman–Crippen LogP) is 3.63. The summed E-state index contributed by atoms with van der Waals surface area (Å²) < 4.78 is 35.4. The lowest BCUT2D eigenvalue weighted by Crippen LogP contribution is -2.08. The zero-order valence-electron chi connectivity index (χ0n) is 6.86. The zero-order valence-corrected chi connectivity index (χ0v) is 6.86. The maximum Gasteiger partial charge on any atom is 0.415 e. The lowest BCUT2D eigenvalue weighted by molar-refractivity contribution is -0.0878. The smallest absolute Gasteiger partial charge is 0.166 e. The van der Waals surface area contributed by atoms with Crippen molar-refractivity contribution in [1.29, 1.82) is 0 Å². The van der Waals surface area contributed by atoms with Crippen LogP contribution in [0.1, 0.15) is 13.3 Å². The van der Waals surface area contributed by atoms with Gasteiger partial charge in [-0.1, -0.05) is 37.8 Å². The van der Waals surface area contributed by atoms with Crippen molar-refractivity contribution in [1.82, 2.24) is 0 Å². The molecule has 3 heteroatoms. The van der Waals surface area contributed by atoms with Crippen molar-refractivity contribution in [3.63, 3.8) is 0 Å². The summed E-state index contributed by atoms with van der Waals surface area (Å²) in [4.78, 5) is 0. The van der Waals surface area contributed by atoms with Gasteiger partial charge in [0.2, 0.25) is 0 Å². The van der Waals surface area contributed by atoms with Gasteiger partial charge in [-0.15, -0.1) is 0 Å². The van der Waals surface area contributed by atoms with Crippen LogP contribution in [0.3, 0.4) is 0 Å². The minimum atomic E-state index is -4.31. The molecule has 0 amide bonds. The molecule has 68 valence electrons. The largest absolute Gasteiger partial charge is 0.415 e. The molecule has 0 aliphatic heterocycles. The molecule has 12 heavy (non-hydrogen) atoms. The molecule has 0 aromatic carbocycles. The Morgan fingerprint density at radius 3 is 2.33 bits per heavy atom. The van der Waals surface area contributed by atoms with Gasteiger partial charge >= 0.3 is 6.18 Å². The van der Waals surface area contributed by atoms with Crippen LogP contribution in [0.4, 0.5) is 13.2 Å². The van der Waals surface area contributed by atoms with Gasteiger partial charge in [-0.2, -0.15) is 13.2 Å². The van der Waals surface area contributed by atoms with Crippen molar-refractivity contribution >= 4 is 0 Å². The van der Waals surface area contributed by atoms with E-state index in [9.17, 15) is 13.2 Å². The van der Waals surface area contributed by atoms with Crippen LogP contribution in [0.15, 0.2) is 36.5 Å². The highest BCUT2D eigenvalue weighted by Gasteiger charge is 2.29. The van der Waals surface area contributed by atoms with E-state index in [-0.39, 0.29) is 0 Å². The van der Waals surface area contributed by atoms with Crippen molar-refractivity contribution in [2.45, 2.75) is 19.5 Å². The molecule has 0 bridgehead atoms. The maximum absolute atomic E-state index is 11.8. The molecule has 0 aliphatic rings. The van der Waals surface area contributed by atoms with E-state index in [4.69, 9.17) is 0 Å². The van der Waals surface area contributed by atoms with Crippen molar-refractivity contribution in [2.24, 2.45) is 0 Å². The third-order valence-corrected chi connectivity index (χ3v) is 1.14. The molecule has 0 atom stereocenters. The Morgan fingerprint density at radius 2 is 1.92 bits per heavy atom. The fourth-order valence-electron chi connectivity index (χ4n) is 0.481. The first-order valence-electron chi connectivity index (χ1n) is 3.57. The molecule has 0 aromatic heterocycles. The fourth-order valence-corrected chi connectivity index (χ4v) is 0.481. The van der Waals surface area contributed by atoms with E-state index >= 15 is 0 Å². The monoisotopic (exact) mass is 176 g/mol. The summed E-state index contributed by atoms with van der Waals surface area (Å²) in [6, 6.07) is 0. The van der Waals surface area contributed by atoms with E-state index in [2.05, 4.69) is 6.58 Å². The maximum atomic E-state index is 11.8. The summed E-state index contributed by atoms with van der Waals surface area (Å²) in [6.07, 6.45) is 2.11. The second kappa shape index (κ2) is 4.80. The van der Waals surface area contributed by atoms with Gasteiger partial charge in [0.05, 0.1) is 0 Å². The standard InChI is InChI=1S/C9H11F3/c1-3-4-5-6-7-8(2)9(10,11)12/h4-7H,2-3H2,1H3/b5-4-,7-6-. The van der Waals surface area contributed by atoms with Gasteiger partial charge in [0, 0.05) is 5.57 Å². The second-order valence-corrected chi connectivity index (χ2v) is 2.22. The average Bonchev–Trinajstić information content (AvgIpc) is 1.96. The van der Waals surface area contributed by atoms with Gasteiger partial charge in [-0.05, 0) is 6.42 Å². The van der Waals surface area contributed by atoms with Crippen LogP contribution in [0.5, 0.6) is 0 Å². The topological polar surface area (TPSA) is 0 Å². The number of allylic oxidation sites excluding steroid dienone is 5. The first-order chi connectivity index (χ1) is 5.48. The Balaban J connectivity index is 4.01. The predicted molar refractivity (Wildman–Crippen MR) is 43.8 cm³/mol. The van der Waals surface area contributed by atoms with Crippen molar-refractivity contribution in [3.8, 4) is 0 Å². The van der Waals surface area contributed by atoms with E-state index in [1.807, 2.05) is 6.92 Å². The molecule has 0 N–H and O–H groups in total. The number of alkyl halides is 3. The van der Waals surface area contributed by atoms with E-state index in [0.29, 0.717) is 0 Å². The molecule has 0 saturated carbocycles. The van der Waals surface area contributed by atoms with Crippen LogP contribution in [0.25, 0.3) is 0 Å². The van der Waals surface area contributed by atoms with Gasteiger partial charge < -0.3 is 0 Å². The summed E-state index contributed by atoms with van der Waals surface area (Å²) in [5.74, 6) is 0. The Kier molecular flexibility index (Phi) is 4.40. The van der Waals surface area contributed by atoms with Gasteiger partial charge in [-0.25, -0.2) is 0 Å². The second-order valence-electron chi connectivity index (χ2n) is 2.22. The van der Waals surface area contributed by atoms with Crippen LogP contribution in [-0.2, 0) is 0 Å². The van der Waals surface area contributed by atoms with Crippen LogP contribution in [-0.4, -0.2) is 6.18 Å². The highest BCUT2D eigenvalue weighted by atomic mass is 19.4. The van der Waals surface area contributed by atoms with Crippen molar-refractivity contribution in [3.05, 3.63) is 36.5 Å². The van der Waals surface area contributed by atoms with E-state index in [1.54, 1.807) is 12.2 Å². The van der Waals surface area contributed by atoms with Crippen LogP contribution in [0, 0.1) is 0 Å². The molecular weight excluding hydrogens is 165 g/mol. The Morgan fingerprint density at radius 1 is 1.33 bits per heavy atom. The van der Waals surface area contributed by atoms with Crippen LogP contribution < -0.4 is 0 Å². The number of hydrogen-bond acceptors (Lipinski definition) is 0. The van der Waals surface area contributed by atoms with Gasteiger partial charge in [0.1, 0.15) is 0 Å². The molecule has 0 aliphatic carbocycles. The molecule has 0 rings (SSSR count). The first kappa shape index (κ1) is 11.0. The molecule has 0 nitrogen and oxygen atoms in total. The quantitative estimate of drug-likeness (QED) is 0.576.